The Bertz CT molecular complexity index is 1160. The first-order chi connectivity index (χ1) is 25.3. The highest BCUT2D eigenvalue weighted by molar-refractivity contribution is 5.73. The first kappa shape index (κ1) is 52.9. The quantitative estimate of drug-likeness (QED) is 0.198. The molecule has 0 bridgehead atoms. The van der Waals surface area contributed by atoms with Gasteiger partial charge in [-0.2, -0.15) is 0 Å². The largest absolute Gasteiger partial charge is 0.459 e. The van der Waals surface area contributed by atoms with E-state index in [0.717, 1.165) is 0 Å². The minimum Gasteiger partial charge on any atom is -0.459 e. The Hall–Kier alpha value is -1.09. The molecule has 56 heavy (non-hydrogen) atoms. The number of rotatable bonds is 7. The number of nitrogens with zero attached hydrogens (tertiary/aromatic N) is 2. The Balaban J connectivity index is 0.00000379. The lowest BCUT2D eigenvalue weighted by Crippen LogP contribution is -2.60. The predicted molar refractivity (Wildman–Crippen MR) is 211 cm³/mol. The van der Waals surface area contributed by atoms with E-state index in [4.69, 9.17) is 33.5 Å². The van der Waals surface area contributed by atoms with E-state index in [0.29, 0.717) is 13.0 Å². The maximum absolute atomic E-state index is 14.2. The van der Waals surface area contributed by atoms with Crippen molar-refractivity contribution in [2.75, 3.05) is 41.4 Å². The molecule has 0 saturated carbocycles. The van der Waals surface area contributed by atoms with Gasteiger partial charge in [-0.05, 0) is 102 Å². The zero-order chi connectivity index (χ0) is 42.4. The van der Waals surface area contributed by atoms with Crippen LogP contribution in [0.4, 0.5) is 0 Å². The number of hydrogen-bond donors (Lipinski definition) is 6. The maximum Gasteiger partial charge on any atom is 0.311 e. The van der Waals surface area contributed by atoms with E-state index in [1.807, 2.05) is 51.7 Å². The molecular formula is C40H80N2O14. The molecule has 0 unspecified atom stereocenters. The summed E-state index contributed by atoms with van der Waals surface area (Å²) in [5.74, 6) is -2.58. The molecular weight excluding hydrogens is 732 g/mol. The van der Waals surface area contributed by atoms with Crippen LogP contribution in [0.2, 0.25) is 0 Å². The summed E-state index contributed by atoms with van der Waals surface area (Å²) in [5.41, 5.74) is -4.37. The van der Waals surface area contributed by atoms with Crippen molar-refractivity contribution in [1.29, 1.82) is 0 Å². The van der Waals surface area contributed by atoms with Gasteiger partial charge in [-0.25, -0.2) is 0 Å². The summed E-state index contributed by atoms with van der Waals surface area (Å²) in [7, 11) is 7.12. The second kappa shape index (κ2) is 22.0. The molecule has 18 atom stereocenters. The number of likely N-dealkylation sites (N-methyl/N-ethyl adjacent to an activating group) is 2. The second-order valence-corrected chi connectivity index (χ2v) is 17.5. The van der Waals surface area contributed by atoms with Gasteiger partial charge in [0.05, 0.1) is 41.5 Å². The summed E-state index contributed by atoms with van der Waals surface area (Å²) in [6.07, 6.45) is -8.19. The summed E-state index contributed by atoms with van der Waals surface area (Å²) in [6, 6.07) is -0.808. The average molecular weight is 813 g/mol. The smallest absolute Gasteiger partial charge is 0.311 e. The lowest BCUT2D eigenvalue weighted by Gasteiger charge is -2.48. The number of carbonyl (C=O) groups excluding carboxylic acids is 1. The number of cyclic esters (lactones) is 1. The second-order valence-electron chi connectivity index (χ2n) is 17.5. The highest BCUT2D eigenvalue weighted by atomic mass is 16.7. The van der Waals surface area contributed by atoms with Crippen LogP contribution in [-0.4, -0.2) is 184 Å². The fourth-order valence-corrected chi connectivity index (χ4v) is 8.74. The fourth-order valence-electron chi connectivity index (χ4n) is 8.74. The third-order valence-corrected chi connectivity index (χ3v) is 12.2. The molecule has 0 aromatic heterocycles. The Morgan fingerprint density at radius 3 is 2.02 bits per heavy atom. The maximum atomic E-state index is 14.2. The van der Waals surface area contributed by atoms with Gasteiger partial charge in [0.1, 0.15) is 30.0 Å². The summed E-state index contributed by atoms with van der Waals surface area (Å²) in [5, 5.41) is 65.7. The van der Waals surface area contributed by atoms with Gasteiger partial charge in [0.25, 0.3) is 0 Å². The number of hydrogen-bond acceptors (Lipinski definition) is 15. The van der Waals surface area contributed by atoms with E-state index >= 15 is 0 Å². The van der Waals surface area contributed by atoms with Crippen LogP contribution in [0.15, 0.2) is 0 Å². The normalized spacial score (nSPS) is 46.4. The minimum absolute atomic E-state index is 0. The fraction of sp³-hybridized carbons (Fsp3) is 0.975. The number of methoxy groups -OCH3 is 1. The van der Waals surface area contributed by atoms with Gasteiger partial charge in [0.15, 0.2) is 12.6 Å². The summed E-state index contributed by atoms with van der Waals surface area (Å²) in [6.45, 7) is 20.0. The van der Waals surface area contributed by atoms with Crippen molar-refractivity contribution in [3.05, 3.63) is 0 Å². The van der Waals surface area contributed by atoms with Crippen molar-refractivity contribution in [3.63, 3.8) is 0 Å². The molecule has 0 amide bonds. The molecule has 8 N–H and O–H groups in total. The zero-order valence-corrected chi connectivity index (χ0v) is 36.8. The van der Waals surface area contributed by atoms with Crippen LogP contribution in [0.25, 0.3) is 0 Å². The van der Waals surface area contributed by atoms with E-state index in [1.54, 1.807) is 48.5 Å². The first-order valence-electron chi connectivity index (χ1n) is 20.2. The highest BCUT2D eigenvalue weighted by Crippen LogP contribution is 2.40. The van der Waals surface area contributed by atoms with Gasteiger partial charge in [0, 0.05) is 44.7 Å². The molecule has 3 saturated heterocycles. The zero-order valence-electron chi connectivity index (χ0n) is 36.8. The monoisotopic (exact) mass is 813 g/mol. The Kier molecular flexibility index (Phi) is 20.8. The molecule has 3 rings (SSSR count). The molecule has 0 spiro atoms. The lowest BCUT2D eigenvalue weighted by molar-refractivity contribution is -0.318. The topological polar surface area (TPSA) is 232 Å². The molecule has 16 heteroatoms. The van der Waals surface area contributed by atoms with E-state index in [-0.39, 0.29) is 49.4 Å². The summed E-state index contributed by atoms with van der Waals surface area (Å²) < 4.78 is 37.5. The van der Waals surface area contributed by atoms with Crippen molar-refractivity contribution in [2.45, 2.75) is 192 Å². The number of aliphatic hydroxyl groups is 6. The standard InChI is InChI=1S/C38H72N2O12.C2H6O.H2O/c1-15-27-38(10,46)31(42)24(6)40(13)19-20(2)17-36(8,45)33(52-35-29(41)26(39(11)12)16-21(3)48-35)22(4)30(23(5)34(44)50-27)51-28-18-37(9,47-14)32(43)25(7)49-28;1-2-3;/h20-33,35,41-43,45-46H,15-19H2,1-14H3;3H,2H2,1H3;1H2/t20-,21-,22+,23-,24-,25+,26+,27-,28+,29-,30+,31-,32+,33-,35+,36-,37-,38-;;/m1../s1. The average Bonchev–Trinajstić information content (AvgIpc) is 3.09. The number of aliphatic hydroxyl groups excluding tert-OH is 4. The first-order valence-corrected chi connectivity index (χ1v) is 20.2. The van der Waals surface area contributed by atoms with E-state index in [9.17, 15) is 30.3 Å². The van der Waals surface area contributed by atoms with Gasteiger partial charge >= 0.3 is 5.97 Å². The molecule has 0 radical (unpaired) electrons. The van der Waals surface area contributed by atoms with Crippen molar-refractivity contribution in [1.82, 2.24) is 9.80 Å². The van der Waals surface area contributed by atoms with E-state index < -0.39 is 96.0 Å². The van der Waals surface area contributed by atoms with Gasteiger partial charge in [0.2, 0.25) is 0 Å². The van der Waals surface area contributed by atoms with Crippen LogP contribution in [0, 0.1) is 17.8 Å². The van der Waals surface area contributed by atoms with Gasteiger partial charge in [-0.1, -0.05) is 20.8 Å². The minimum atomic E-state index is -1.80. The third kappa shape index (κ3) is 12.7. The van der Waals surface area contributed by atoms with E-state index in [1.165, 1.54) is 14.0 Å². The molecule has 3 heterocycles. The van der Waals surface area contributed by atoms with Crippen LogP contribution in [0.1, 0.15) is 102 Å². The van der Waals surface area contributed by atoms with Gasteiger partial charge in [-0.15, -0.1) is 0 Å². The van der Waals surface area contributed by atoms with Crippen LogP contribution in [0.3, 0.4) is 0 Å². The van der Waals surface area contributed by atoms with Crippen LogP contribution in [-0.2, 0) is 33.2 Å². The number of carbonyl (C=O) groups is 1. The molecule has 334 valence electrons. The highest BCUT2D eigenvalue weighted by Gasteiger charge is 2.52. The molecule has 0 aromatic carbocycles. The van der Waals surface area contributed by atoms with Crippen LogP contribution < -0.4 is 0 Å². The molecule has 3 fully saturated rings. The molecule has 0 aliphatic carbocycles. The van der Waals surface area contributed by atoms with Gasteiger partial charge in [-0.3, -0.25) is 4.79 Å². The summed E-state index contributed by atoms with van der Waals surface area (Å²) >= 11 is 0. The number of esters is 1. The Morgan fingerprint density at radius 1 is 0.929 bits per heavy atom. The summed E-state index contributed by atoms with van der Waals surface area (Å²) in [4.78, 5) is 18.0. The third-order valence-electron chi connectivity index (χ3n) is 12.2. The Morgan fingerprint density at radius 2 is 1.50 bits per heavy atom. The molecule has 3 aliphatic rings. The molecule has 16 nitrogen and oxygen atoms in total. The van der Waals surface area contributed by atoms with Gasteiger partial charge < -0.3 is 74.3 Å². The van der Waals surface area contributed by atoms with Crippen molar-refractivity contribution in [2.24, 2.45) is 17.8 Å². The molecule has 3 aliphatic heterocycles. The van der Waals surface area contributed by atoms with Crippen LogP contribution >= 0.6 is 0 Å². The van der Waals surface area contributed by atoms with Crippen LogP contribution in [0.5, 0.6) is 0 Å². The number of ether oxygens (including phenoxy) is 6. The van der Waals surface area contributed by atoms with Crippen molar-refractivity contribution in [3.8, 4) is 0 Å². The van der Waals surface area contributed by atoms with E-state index in [2.05, 4.69) is 0 Å². The molecule has 0 aromatic rings. The predicted octanol–water partition coefficient (Wildman–Crippen LogP) is 1.07. The Labute approximate surface area is 336 Å². The van der Waals surface area contributed by atoms with Crippen molar-refractivity contribution < 1.29 is 69.3 Å². The lowest BCUT2D eigenvalue weighted by atomic mass is 9.77. The SMILES string of the molecule is CCO.CC[C@H]1OC(=O)[C@H](C)[C@@H](O[C@H]2C[C@@](C)(OC)[C@@H](O)[C@H](C)O2)[C@H](C)[C@@H](O[C@@H]2O[C@H](C)C[C@H](N(C)C)[C@H]2O)[C@](C)(O)C[C@@H](C)CN(C)[C@H](C)[C@@H](O)[C@]1(C)O.O. The van der Waals surface area contributed by atoms with Crippen molar-refractivity contribution >= 4 is 5.97 Å².